The molecule has 67 heavy (non-hydrogen) atoms. The van der Waals surface area contributed by atoms with Crippen molar-refractivity contribution in [3.05, 3.63) is 101 Å². The van der Waals surface area contributed by atoms with Gasteiger partial charge in [-0.2, -0.15) is 13.2 Å². The molecule has 0 saturated carbocycles. The molecule has 362 valence electrons. The van der Waals surface area contributed by atoms with Gasteiger partial charge in [0, 0.05) is 31.6 Å². The Morgan fingerprint density at radius 3 is 1.27 bits per heavy atom. The molecule has 0 aliphatic carbocycles. The second kappa shape index (κ2) is 20.8. The molecular formula is C53H66F3N3O8. The number of ketones is 2. The molecule has 0 aromatic heterocycles. The quantitative estimate of drug-likeness (QED) is 0.137. The number of likely N-dealkylation sites (tertiary alicyclic amines) is 2. The van der Waals surface area contributed by atoms with Crippen molar-refractivity contribution in [3.63, 3.8) is 0 Å². The highest BCUT2D eigenvalue weighted by Gasteiger charge is 2.44. The number of Topliss-reactive ketones (excluding diaryl/α,β-unsaturated/α-hetero) is 2. The number of methoxy groups -OCH3 is 2. The third-order valence-corrected chi connectivity index (χ3v) is 14.1. The van der Waals surface area contributed by atoms with E-state index in [2.05, 4.69) is 4.90 Å². The lowest BCUT2D eigenvalue weighted by Crippen LogP contribution is -2.47. The van der Waals surface area contributed by atoms with Gasteiger partial charge in [-0.1, -0.05) is 90.1 Å². The van der Waals surface area contributed by atoms with Crippen LogP contribution in [0, 0.1) is 22.7 Å². The summed E-state index contributed by atoms with van der Waals surface area (Å²) < 4.78 is 50.9. The van der Waals surface area contributed by atoms with Gasteiger partial charge in [0.05, 0.1) is 68.6 Å². The maximum Gasteiger partial charge on any atom is 0.416 e. The average Bonchev–Trinajstić information content (AvgIpc) is 4.07. The van der Waals surface area contributed by atoms with Gasteiger partial charge in [0.1, 0.15) is 0 Å². The number of rotatable bonds is 15. The predicted octanol–water partition coefficient (Wildman–Crippen LogP) is 9.44. The van der Waals surface area contributed by atoms with E-state index >= 15 is 0 Å². The van der Waals surface area contributed by atoms with Crippen molar-refractivity contribution >= 4 is 41.0 Å². The maximum absolute atomic E-state index is 13.8. The molecule has 0 spiro atoms. The number of halogens is 3. The molecular weight excluding hydrogens is 864 g/mol. The van der Waals surface area contributed by atoms with Crippen LogP contribution in [-0.4, -0.2) is 84.5 Å². The summed E-state index contributed by atoms with van der Waals surface area (Å²) in [5.41, 5.74) is 2.25. The molecule has 0 bridgehead atoms. The number of carbonyl (C=O) groups excluding carboxylic acids is 6. The molecule has 0 radical (unpaired) electrons. The van der Waals surface area contributed by atoms with E-state index < -0.39 is 58.4 Å². The summed E-state index contributed by atoms with van der Waals surface area (Å²) in [6.07, 6.45) is -0.584. The van der Waals surface area contributed by atoms with E-state index in [1.165, 1.54) is 26.4 Å². The van der Waals surface area contributed by atoms with Crippen molar-refractivity contribution < 1.29 is 51.4 Å². The molecule has 0 N–H and O–H groups in total. The van der Waals surface area contributed by atoms with Gasteiger partial charge in [-0.05, 0) is 95.9 Å². The smallest absolute Gasteiger partial charge is 0.416 e. The van der Waals surface area contributed by atoms with Crippen molar-refractivity contribution in [2.24, 2.45) is 22.7 Å². The van der Waals surface area contributed by atoms with E-state index in [4.69, 9.17) is 9.47 Å². The number of carbonyl (C=O) groups is 6. The highest BCUT2D eigenvalue weighted by molar-refractivity contribution is 5.94. The molecule has 11 nitrogen and oxygen atoms in total. The first-order chi connectivity index (χ1) is 31.5. The summed E-state index contributed by atoms with van der Waals surface area (Å²) in [5.74, 6) is -2.84. The Hall–Kier alpha value is -5.53. The summed E-state index contributed by atoms with van der Waals surface area (Å²) in [6, 6.07) is 19.0. The van der Waals surface area contributed by atoms with Gasteiger partial charge in [-0.15, -0.1) is 0 Å². The zero-order valence-corrected chi connectivity index (χ0v) is 40.1. The van der Waals surface area contributed by atoms with Gasteiger partial charge < -0.3 is 24.2 Å². The van der Waals surface area contributed by atoms with Gasteiger partial charge in [0.15, 0.2) is 11.6 Å². The van der Waals surface area contributed by atoms with Gasteiger partial charge in [-0.25, -0.2) is 0 Å². The topological polar surface area (TPSA) is 131 Å². The van der Waals surface area contributed by atoms with Crippen LogP contribution in [0.3, 0.4) is 0 Å². The second-order valence-electron chi connectivity index (χ2n) is 20.6. The van der Waals surface area contributed by atoms with Crippen molar-refractivity contribution in [1.82, 2.24) is 9.80 Å². The van der Waals surface area contributed by atoms with E-state index in [0.717, 1.165) is 34.4 Å². The number of ether oxygens (including phenoxy) is 2. The molecule has 2 amide bonds. The Kier molecular flexibility index (Phi) is 15.8. The molecule has 3 aliphatic heterocycles. The van der Waals surface area contributed by atoms with Crippen LogP contribution in [0.2, 0.25) is 0 Å². The van der Waals surface area contributed by atoms with E-state index in [-0.39, 0.29) is 61.1 Å². The molecule has 0 unspecified atom stereocenters. The van der Waals surface area contributed by atoms with E-state index in [0.29, 0.717) is 57.3 Å². The maximum atomic E-state index is 13.8. The Morgan fingerprint density at radius 1 is 0.567 bits per heavy atom. The third-order valence-electron chi connectivity index (χ3n) is 14.1. The summed E-state index contributed by atoms with van der Waals surface area (Å²) in [4.78, 5) is 85.2. The standard InChI is InChI=1S/C53H66F3N3O8/c1-51(2,3)39(31-47(62)66-7)49(64)57-27-9-11-43(57)45(60)29-33-13-17-35(18-14-33)41-25-26-42(59(41)38-23-21-37(22-24-38)53(54,55)56)36-19-15-34(16-20-36)30-46(61)44-12-10-28-58(44)50(65)40(52(4,5)6)32-48(63)67-8/h13-24,39-44H,9-12,25-32H2,1-8H3/t39-,40+,41-,42-,43-,44-/m0/s1. The van der Waals surface area contributed by atoms with Gasteiger partial charge in [-0.3, -0.25) is 28.8 Å². The van der Waals surface area contributed by atoms with Gasteiger partial charge in [0.2, 0.25) is 11.8 Å². The molecule has 14 heteroatoms. The fourth-order valence-corrected chi connectivity index (χ4v) is 10.2. The van der Waals surface area contributed by atoms with Crippen LogP contribution in [-0.2, 0) is 57.3 Å². The molecule has 3 saturated heterocycles. The van der Waals surface area contributed by atoms with Crippen molar-refractivity contribution in [3.8, 4) is 0 Å². The van der Waals surface area contributed by atoms with Crippen molar-refractivity contribution in [2.45, 2.75) is 136 Å². The monoisotopic (exact) mass is 929 g/mol. The Morgan fingerprint density at radius 2 is 0.940 bits per heavy atom. The first-order valence-corrected chi connectivity index (χ1v) is 23.4. The summed E-state index contributed by atoms with van der Waals surface area (Å²) in [6.45, 7) is 12.3. The number of anilines is 1. The molecule has 6 atom stereocenters. The lowest BCUT2D eigenvalue weighted by Gasteiger charge is -2.34. The third kappa shape index (κ3) is 12.0. The Bertz CT molecular complexity index is 2130. The van der Waals surface area contributed by atoms with Crippen LogP contribution in [0.1, 0.15) is 133 Å². The molecule has 3 heterocycles. The van der Waals surface area contributed by atoms with E-state index in [1.54, 1.807) is 9.80 Å². The van der Waals surface area contributed by atoms with Crippen molar-refractivity contribution in [2.75, 3.05) is 32.2 Å². The minimum atomic E-state index is -4.50. The number of esters is 2. The van der Waals surface area contributed by atoms with Crippen LogP contribution in [0.5, 0.6) is 0 Å². The van der Waals surface area contributed by atoms with E-state index in [9.17, 15) is 41.9 Å². The van der Waals surface area contributed by atoms with Gasteiger partial charge in [0.25, 0.3) is 0 Å². The molecule has 3 aromatic carbocycles. The van der Waals surface area contributed by atoms with Crippen LogP contribution >= 0.6 is 0 Å². The molecule has 6 rings (SSSR count). The predicted molar refractivity (Wildman–Crippen MR) is 248 cm³/mol. The average molecular weight is 930 g/mol. The number of hydrogen-bond acceptors (Lipinski definition) is 9. The number of alkyl halides is 3. The minimum Gasteiger partial charge on any atom is -0.469 e. The number of hydrogen-bond donors (Lipinski definition) is 0. The van der Waals surface area contributed by atoms with Crippen LogP contribution in [0.25, 0.3) is 0 Å². The van der Waals surface area contributed by atoms with Crippen molar-refractivity contribution in [1.29, 1.82) is 0 Å². The minimum absolute atomic E-state index is 0.0693. The van der Waals surface area contributed by atoms with E-state index in [1.807, 2.05) is 90.1 Å². The highest BCUT2D eigenvalue weighted by atomic mass is 19.4. The molecule has 3 aromatic rings. The fourth-order valence-electron chi connectivity index (χ4n) is 10.2. The summed E-state index contributed by atoms with van der Waals surface area (Å²) in [5, 5.41) is 0. The number of amides is 2. The Balaban J connectivity index is 1.18. The molecule has 3 aliphatic rings. The van der Waals surface area contributed by atoms with Crippen LogP contribution in [0.15, 0.2) is 72.8 Å². The molecule has 3 fully saturated rings. The lowest BCUT2D eigenvalue weighted by atomic mass is 9.77. The number of benzene rings is 3. The SMILES string of the molecule is COC(=O)C[C@H](C(=O)N1CCC[C@H]1C(=O)Cc1ccc([C@@H]2CC[C@@H](c3ccc(CC(=O)[C@@H]4CCCN4C(=O)[C@H](CC(=O)OC)C(C)(C)C)cc3)N2c2ccc(C(F)(F)F)cc2)cc1)C(C)(C)C. The normalized spacial score (nSPS) is 21.0. The number of nitrogens with zero attached hydrogens (tertiary/aromatic N) is 3. The summed E-state index contributed by atoms with van der Waals surface area (Å²) in [7, 11) is 2.59. The zero-order chi connectivity index (χ0) is 49.0. The fraction of sp³-hybridized carbons (Fsp3) is 0.547. The van der Waals surface area contributed by atoms with Gasteiger partial charge >= 0.3 is 18.1 Å². The van der Waals surface area contributed by atoms with Crippen LogP contribution < -0.4 is 4.90 Å². The first kappa shape index (κ1) is 50.9. The second-order valence-corrected chi connectivity index (χ2v) is 20.6. The largest absolute Gasteiger partial charge is 0.469 e. The Labute approximate surface area is 392 Å². The summed E-state index contributed by atoms with van der Waals surface area (Å²) >= 11 is 0. The zero-order valence-electron chi connectivity index (χ0n) is 40.1. The van der Waals surface area contributed by atoms with Crippen LogP contribution in [0.4, 0.5) is 18.9 Å². The lowest BCUT2D eigenvalue weighted by molar-refractivity contribution is -0.151. The first-order valence-electron chi connectivity index (χ1n) is 23.4. The highest BCUT2D eigenvalue weighted by Crippen LogP contribution is 2.48.